The molecular weight excluding hydrogens is 212 g/mol. The monoisotopic (exact) mass is 238 g/mol. The second-order valence-corrected chi connectivity index (χ2v) is 6.14. The van der Waals surface area contributed by atoms with Crippen LogP contribution >= 0.6 is 0 Å². The molecule has 98 valence electrons. The SMILES string of the molecule is CN(CC1(CN)CCC1)C(=O)CCC1CCC1. The summed E-state index contributed by atoms with van der Waals surface area (Å²) in [5.41, 5.74) is 6.08. The maximum Gasteiger partial charge on any atom is 0.222 e. The molecule has 0 unspecified atom stereocenters. The Hall–Kier alpha value is -0.570. The summed E-state index contributed by atoms with van der Waals surface area (Å²) in [6.45, 7) is 1.60. The van der Waals surface area contributed by atoms with Crippen molar-refractivity contribution in [3.63, 3.8) is 0 Å². The predicted molar refractivity (Wildman–Crippen MR) is 69.6 cm³/mol. The zero-order valence-corrected chi connectivity index (χ0v) is 11.1. The van der Waals surface area contributed by atoms with Crippen LogP contribution in [0.1, 0.15) is 51.4 Å². The minimum absolute atomic E-state index is 0.251. The van der Waals surface area contributed by atoms with Gasteiger partial charge in [0.2, 0.25) is 5.91 Å². The number of nitrogens with two attached hydrogens (primary N) is 1. The van der Waals surface area contributed by atoms with Crippen LogP contribution in [0.15, 0.2) is 0 Å². The minimum Gasteiger partial charge on any atom is -0.345 e. The van der Waals surface area contributed by atoms with E-state index >= 15 is 0 Å². The lowest BCUT2D eigenvalue weighted by molar-refractivity contribution is -0.132. The molecule has 0 saturated heterocycles. The molecule has 0 radical (unpaired) electrons. The Kier molecular flexibility index (Phi) is 4.08. The summed E-state index contributed by atoms with van der Waals surface area (Å²) >= 11 is 0. The van der Waals surface area contributed by atoms with E-state index in [2.05, 4.69) is 0 Å². The van der Waals surface area contributed by atoms with Gasteiger partial charge in [-0.15, -0.1) is 0 Å². The third-order valence-corrected chi connectivity index (χ3v) is 4.84. The van der Waals surface area contributed by atoms with Crippen molar-refractivity contribution in [1.29, 1.82) is 0 Å². The van der Waals surface area contributed by atoms with Crippen molar-refractivity contribution in [2.45, 2.75) is 51.4 Å². The number of rotatable bonds is 6. The summed E-state index contributed by atoms with van der Waals surface area (Å²) < 4.78 is 0. The van der Waals surface area contributed by atoms with Gasteiger partial charge < -0.3 is 10.6 Å². The van der Waals surface area contributed by atoms with Crippen LogP contribution in [0, 0.1) is 11.3 Å². The summed E-state index contributed by atoms with van der Waals surface area (Å²) in [4.78, 5) is 13.9. The second kappa shape index (κ2) is 5.38. The number of carbonyl (C=O) groups is 1. The number of hydrogen-bond donors (Lipinski definition) is 1. The number of hydrogen-bond acceptors (Lipinski definition) is 2. The third kappa shape index (κ3) is 3.01. The van der Waals surface area contributed by atoms with Gasteiger partial charge in [-0.2, -0.15) is 0 Å². The number of amides is 1. The summed E-state index contributed by atoms with van der Waals surface area (Å²) in [6.07, 6.45) is 9.55. The molecule has 0 heterocycles. The van der Waals surface area contributed by atoms with E-state index in [1.54, 1.807) is 0 Å². The highest BCUT2D eigenvalue weighted by Gasteiger charge is 2.37. The number of nitrogens with zero attached hydrogens (tertiary/aromatic N) is 1. The van der Waals surface area contributed by atoms with E-state index in [4.69, 9.17) is 5.73 Å². The highest BCUT2D eigenvalue weighted by atomic mass is 16.2. The summed E-state index contributed by atoms with van der Waals surface area (Å²) in [7, 11) is 1.94. The zero-order chi connectivity index (χ0) is 12.3. The standard InChI is InChI=1S/C14H26N2O/c1-16(11-14(10-15)8-3-9-14)13(17)7-6-12-4-2-5-12/h12H,2-11,15H2,1H3. The first kappa shape index (κ1) is 12.9. The zero-order valence-electron chi connectivity index (χ0n) is 11.1. The second-order valence-electron chi connectivity index (χ2n) is 6.14. The van der Waals surface area contributed by atoms with E-state index in [1.807, 2.05) is 11.9 Å². The average molecular weight is 238 g/mol. The lowest BCUT2D eigenvalue weighted by Crippen LogP contribution is -2.47. The Morgan fingerprint density at radius 1 is 1.35 bits per heavy atom. The van der Waals surface area contributed by atoms with Crippen molar-refractivity contribution in [1.82, 2.24) is 4.90 Å². The van der Waals surface area contributed by atoms with Gasteiger partial charge in [0.15, 0.2) is 0 Å². The van der Waals surface area contributed by atoms with E-state index < -0.39 is 0 Å². The van der Waals surface area contributed by atoms with Crippen LogP contribution in [0.5, 0.6) is 0 Å². The fourth-order valence-electron chi connectivity index (χ4n) is 2.99. The predicted octanol–water partition coefficient (Wildman–Crippen LogP) is 2.15. The lowest BCUT2D eigenvalue weighted by atomic mass is 9.68. The molecular formula is C14H26N2O. The van der Waals surface area contributed by atoms with E-state index in [0.29, 0.717) is 5.91 Å². The van der Waals surface area contributed by atoms with Gasteiger partial charge in [-0.3, -0.25) is 4.79 Å². The molecule has 2 fully saturated rings. The Morgan fingerprint density at radius 3 is 2.47 bits per heavy atom. The Labute approximate surface area is 105 Å². The largest absolute Gasteiger partial charge is 0.345 e. The quantitative estimate of drug-likeness (QED) is 0.770. The molecule has 0 aromatic rings. The van der Waals surface area contributed by atoms with Gasteiger partial charge >= 0.3 is 0 Å². The molecule has 0 aromatic carbocycles. The van der Waals surface area contributed by atoms with Gasteiger partial charge in [0, 0.05) is 25.4 Å². The van der Waals surface area contributed by atoms with E-state index in [1.165, 1.54) is 38.5 Å². The summed E-state index contributed by atoms with van der Waals surface area (Å²) in [5.74, 6) is 1.15. The van der Waals surface area contributed by atoms with Crippen LogP contribution in [0.25, 0.3) is 0 Å². The topological polar surface area (TPSA) is 46.3 Å². The van der Waals surface area contributed by atoms with E-state index in [9.17, 15) is 4.79 Å². The Balaban J connectivity index is 1.70. The molecule has 0 aliphatic heterocycles. The molecule has 3 nitrogen and oxygen atoms in total. The van der Waals surface area contributed by atoms with Crippen LogP contribution in [-0.2, 0) is 4.79 Å². The Bertz CT molecular complexity index is 264. The molecule has 2 N–H and O–H groups in total. The van der Waals surface area contributed by atoms with Gasteiger partial charge in [0.05, 0.1) is 0 Å². The Morgan fingerprint density at radius 2 is 2.06 bits per heavy atom. The van der Waals surface area contributed by atoms with Crippen molar-refractivity contribution < 1.29 is 4.79 Å². The van der Waals surface area contributed by atoms with Crippen molar-refractivity contribution in [2.24, 2.45) is 17.1 Å². The molecule has 2 aliphatic carbocycles. The molecule has 2 rings (SSSR count). The highest BCUT2D eigenvalue weighted by Crippen LogP contribution is 2.40. The van der Waals surface area contributed by atoms with Gasteiger partial charge in [-0.05, 0) is 31.7 Å². The van der Waals surface area contributed by atoms with Crippen molar-refractivity contribution in [3.05, 3.63) is 0 Å². The summed E-state index contributed by atoms with van der Waals surface area (Å²) in [5, 5.41) is 0. The first-order valence-corrected chi connectivity index (χ1v) is 7.09. The van der Waals surface area contributed by atoms with Crippen LogP contribution < -0.4 is 5.73 Å². The first-order valence-electron chi connectivity index (χ1n) is 7.09. The van der Waals surface area contributed by atoms with Gasteiger partial charge in [0.1, 0.15) is 0 Å². The molecule has 0 spiro atoms. The van der Waals surface area contributed by atoms with E-state index in [0.717, 1.165) is 31.8 Å². The maximum absolute atomic E-state index is 12.0. The molecule has 17 heavy (non-hydrogen) atoms. The highest BCUT2D eigenvalue weighted by molar-refractivity contribution is 5.75. The molecule has 0 aromatic heterocycles. The number of carbonyl (C=O) groups excluding carboxylic acids is 1. The fourth-order valence-corrected chi connectivity index (χ4v) is 2.99. The molecule has 1 amide bonds. The molecule has 0 atom stereocenters. The van der Waals surface area contributed by atoms with Crippen molar-refractivity contribution in [3.8, 4) is 0 Å². The normalized spacial score (nSPS) is 22.7. The van der Waals surface area contributed by atoms with Crippen LogP contribution in [0.2, 0.25) is 0 Å². The van der Waals surface area contributed by atoms with Crippen molar-refractivity contribution in [2.75, 3.05) is 20.1 Å². The molecule has 0 bridgehead atoms. The summed E-state index contributed by atoms with van der Waals surface area (Å²) in [6, 6.07) is 0. The third-order valence-electron chi connectivity index (χ3n) is 4.84. The van der Waals surface area contributed by atoms with Gasteiger partial charge in [-0.25, -0.2) is 0 Å². The first-order chi connectivity index (χ1) is 8.15. The smallest absolute Gasteiger partial charge is 0.222 e. The van der Waals surface area contributed by atoms with Crippen molar-refractivity contribution >= 4 is 5.91 Å². The van der Waals surface area contributed by atoms with Gasteiger partial charge in [0.25, 0.3) is 0 Å². The minimum atomic E-state index is 0.251. The van der Waals surface area contributed by atoms with Crippen LogP contribution in [0.3, 0.4) is 0 Å². The molecule has 2 saturated carbocycles. The molecule has 3 heteroatoms. The van der Waals surface area contributed by atoms with E-state index in [-0.39, 0.29) is 5.41 Å². The maximum atomic E-state index is 12.0. The molecule has 2 aliphatic rings. The lowest BCUT2D eigenvalue weighted by Gasteiger charge is -2.43. The fraction of sp³-hybridized carbons (Fsp3) is 0.929. The van der Waals surface area contributed by atoms with Gasteiger partial charge in [-0.1, -0.05) is 25.7 Å². The average Bonchev–Trinajstić information content (AvgIpc) is 2.20. The van der Waals surface area contributed by atoms with Crippen LogP contribution in [0.4, 0.5) is 0 Å². The van der Waals surface area contributed by atoms with Crippen LogP contribution in [-0.4, -0.2) is 30.9 Å².